The van der Waals surface area contributed by atoms with Gasteiger partial charge < -0.3 is 5.32 Å². The molecule has 0 spiro atoms. The number of hydrogen-bond acceptors (Lipinski definition) is 3. The van der Waals surface area contributed by atoms with Crippen LogP contribution in [0.4, 0.5) is 18.9 Å². The number of halogens is 3. The van der Waals surface area contributed by atoms with Crippen LogP contribution in [0.2, 0.25) is 0 Å². The topological polar surface area (TPSA) is 42.2 Å². The number of aryl methyl sites for hydroxylation is 1. The van der Waals surface area contributed by atoms with Crippen molar-refractivity contribution >= 4 is 11.3 Å². The molecule has 0 radical (unpaired) electrons. The highest BCUT2D eigenvalue weighted by molar-refractivity contribution is 5.46. The highest BCUT2D eigenvalue weighted by Crippen LogP contribution is 2.20. The van der Waals surface area contributed by atoms with Crippen molar-refractivity contribution in [1.82, 2.24) is 14.6 Å². The van der Waals surface area contributed by atoms with Crippen molar-refractivity contribution in [1.29, 1.82) is 0 Å². The van der Waals surface area contributed by atoms with Gasteiger partial charge in [0, 0.05) is 30.6 Å². The minimum atomic E-state index is -1.49. The van der Waals surface area contributed by atoms with E-state index < -0.39 is 17.5 Å². The minimum absolute atomic E-state index is 0.106. The number of anilines is 1. The Morgan fingerprint density at radius 1 is 1.19 bits per heavy atom. The maximum Gasteiger partial charge on any atom is 0.196 e. The van der Waals surface area contributed by atoms with E-state index in [1.165, 1.54) is 0 Å². The van der Waals surface area contributed by atoms with Crippen molar-refractivity contribution in [2.24, 2.45) is 0 Å². The molecule has 0 fully saturated rings. The van der Waals surface area contributed by atoms with Gasteiger partial charge in [-0.3, -0.25) is 0 Å². The van der Waals surface area contributed by atoms with Crippen LogP contribution >= 0.6 is 0 Å². The first-order chi connectivity index (χ1) is 10.0. The predicted octanol–water partition coefficient (Wildman–Crippen LogP) is 3.07. The monoisotopic (exact) mass is 292 g/mol. The second-order valence-corrected chi connectivity index (χ2v) is 4.63. The van der Waals surface area contributed by atoms with E-state index in [-0.39, 0.29) is 12.2 Å². The molecule has 3 aromatic rings. The molecule has 4 nitrogen and oxygen atoms in total. The Hall–Kier alpha value is -2.57. The molecule has 1 N–H and O–H groups in total. The number of benzene rings is 1. The second-order valence-electron chi connectivity index (χ2n) is 4.63. The van der Waals surface area contributed by atoms with E-state index >= 15 is 0 Å². The fourth-order valence-electron chi connectivity index (χ4n) is 1.98. The molecule has 2 aromatic heterocycles. The number of fused-ring (bicyclic) bond motifs is 1. The van der Waals surface area contributed by atoms with Gasteiger partial charge in [0.05, 0.1) is 11.4 Å². The normalized spacial score (nSPS) is 11.0. The standard InChI is InChI=1S/C14H11F3N4/c1-8-4-12-19-6-9(7-21(12)20-8)5-18-11-3-2-10(15)13(16)14(11)17/h2-4,6-7,18H,5H2,1H3. The molecule has 0 bridgehead atoms. The Kier molecular flexibility index (Phi) is 3.25. The molecule has 0 saturated heterocycles. The molecule has 0 atom stereocenters. The summed E-state index contributed by atoms with van der Waals surface area (Å²) < 4.78 is 41.1. The average molecular weight is 292 g/mol. The summed E-state index contributed by atoms with van der Waals surface area (Å²) in [5.74, 6) is -3.94. The maximum absolute atomic E-state index is 13.5. The molecule has 0 amide bonds. The number of nitrogens with one attached hydrogen (secondary N) is 1. The second kappa shape index (κ2) is 5.08. The van der Waals surface area contributed by atoms with Crippen LogP contribution in [0.5, 0.6) is 0 Å². The van der Waals surface area contributed by atoms with E-state index in [1.54, 1.807) is 16.9 Å². The van der Waals surface area contributed by atoms with Crippen LogP contribution < -0.4 is 5.32 Å². The largest absolute Gasteiger partial charge is 0.378 e. The van der Waals surface area contributed by atoms with E-state index in [4.69, 9.17) is 0 Å². The molecule has 2 heterocycles. The number of rotatable bonds is 3. The molecule has 3 rings (SSSR count). The summed E-state index contributed by atoms with van der Waals surface area (Å²) in [5.41, 5.74) is 2.16. The van der Waals surface area contributed by atoms with Crippen molar-refractivity contribution in [2.75, 3.05) is 5.32 Å². The summed E-state index contributed by atoms with van der Waals surface area (Å²) in [6, 6.07) is 3.85. The average Bonchev–Trinajstić information content (AvgIpc) is 2.83. The lowest BCUT2D eigenvalue weighted by Crippen LogP contribution is -2.05. The van der Waals surface area contributed by atoms with Crippen LogP contribution in [0.1, 0.15) is 11.3 Å². The Morgan fingerprint density at radius 3 is 2.81 bits per heavy atom. The summed E-state index contributed by atoms with van der Waals surface area (Å²) in [7, 11) is 0. The molecular formula is C14H11F3N4. The van der Waals surface area contributed by atoms with Crippen LogP contribution in [-0.2, 0) is 6.54 Å². The fraction of sp³-hybridized carbons (Fsp3) is 0.143. The van der Waals surface area contributed by atoms with Gasteiger partial charge in [-0.05, 0) is 19.1 Å². The maximum atomic E-state index is 13.5. The summed E-state index contributed by atoms with van der Waals surface area (Å²) >= 11 is 0. The molecule has 0 unspecified atom stereocenters. The third kappa shape index (κ3) is 2.54. The van der Waals surface area contributed by atoms with Gasteiger partial charge in [0.1, 0.15) is 0 Å². The fourth-order valence-corrected chi connectivity index (χ4v) is 1.98. The third-order valence-electron chi connectivity index (χ3n) is 3.01. The van der Waals surface area contributed by atoms with E-state index in [9.17, 15) is 13.2 Å². The third-order valence-corrected chi connectivity index (χ3v) is 3.01. The van der Waals surface area contributed by atoms with Gasteiger partial charge in [-0.25, -0.2) is 22.7 Å². The van der Waals surface area contributed by atoms with Gasteiger partial charge in [0.15, 0.2) is 23.1 Å². The van der Waals surface area contributed by atoms with Gasteiger partial charge in [0.25, 0.3) is 0 Å². The van der Waals surface area contributed by atoms with Crippen LogP contribution in [0, 0.1) is 24.4 Å². The Balaban J connectivity index is 1.81. The first kappa shape index (κ1) is 13.4. The number of hydrogen-bond donors (Lipinski definition) is 1. The van der Waals surface area contributed by atoms with Gasteiger partial charge in [0.2, 0.25) is 0 Å². The molecule has 0 aliphatic heterocycles. The smallest absolute Gasteiger partial charge is 0.196 e. The highest BCUT2D eigenvalue weighted by Gasteiger charge is 2.13. The number of aromatic nitrogens is 3. The zero-order valence-electron chi connectivity index (χ0n) is 11.1. The van der Waals surface area contributed by atoms with E-state index in [1.807, 2.05) is 13.0 Å². The molecule has 108 valence electrons. The lowest BCUT2D eigenvalue weighted by molar-refractivity contribution is 0.449. The highest BCUT2D eigenvalue weighted by atomic mass is 19.2. The zero-order chi connectivity index (χ0) is 15.0. The summed E-state index contributed by atoms with van der Waals surface area (Å²) in [5, 5.41) is 6.92. The minimum Gasteiger partial charge on any atom is -0.378 e. The van der Waals surface area contributed by atoms with Crippen molar-refractivity contribution in [3.8, 4) is 0 Å². The van der Waals surface area contributed by atoms with Crippen LogP contribution in [-0.4, -0.2) is 14.6 Å². The van der Waals surface area contributed by atoms with Gasteiger partial charge in [-0.15, -0.1) is 0 Å². The van der Waals surface area contributed by atoms with Gasteiger partial charge >= 0.3 is 0 Å². The van der Waals surface area contributed by atoms with Gasteiger partial charge in [-0.1, -0.05) is 0 Å². The van der Waals surface area contributed by atoms with E-state index in [0.717, 1.165) is 23.4 Å². The molecule has 21 heavy (non-hydrogen) atoms. The zero-order valence-corrected chi connectivity index (χ0v) is 11.1. The molecule has 7 heteroatoms. The van der Waals surface area contributed by atoms with E-state index in [2.05, 4.69) is 15.4 Å². The quantitative estimate of drug-likeness (QED) is 0.754. The van der Waals surface area contributed by atoms with E-state index in [0.29, 0.717) is 5.65 Å². The predicted molar refractivity (Wildman–Crippen MR) is 71.4 cm³/mol. The summed E-state index contributed by atoms with van der Waals surface area (Å²) in [6.45, 7) is 2.06. The molecule has 1 aromatic carbocycles. The molecular weight excluding hydrogens is 281 g/mol. The molecule has 0 aliphatic carbocycles. The first-order valence-electron chi connectivity index (χ1n) is 6.23. The number of nitrogens with zero attached hydrogens (tertiary/aromatic N) is 3. The first-order valence-corrected chi connectivity index (χ1v) is 6.23. The molecule has 0 aliphatic rings. The Bertz CT molecular complexity index is 813. The van der Waals surface area contributed by atoms with Gasteiger partial charge in [-0.2, -0.15) is 5.10 Å². The summed E-state index contributed by atoms with van der Waals surface area (Å²) in [6.07, 6.45) is 3.35. The SMILES string of the molecule is Cc1cc2ncc(CNc3ccc(F)c(F)c3F)cn2n1. The van der Waals surface area contributed by atoms with Crippen LogP contribution in [0.3, 0.4) is 0 Å². The Labute approximate surface area is 118 Å². The van der Waals surface area contributed by atoms with Crippen molar-refractivity contribution in [3.05, 3.63) is 59.3 Å². The van der Waals surface area contributed by atoms with Crippen LogP contribution in [0.25, 0.3) is 5.65 Å². The van der Waals surface area contributed by atoms with Crippen LogP contribution in [0.15, 0.2) is 30.6 Å². The Morgan fingerprint density at radius 2 is 2.00 bits per heavy atom. The molecule has 0 saturated carbocycles. The lowest BCUT2D eigenvalue weighted by atomic mass is 10.2. The van der Waals surface area contributed by atoms with Crippen molar-refractivity contribution in [3.63, 3.8) is 0 Å². The summed E-state index contributed by atoms with van der Waals surface area (Å²) in [4.78, 5) is 4.20. The lowest BCUT2D eigenvalue weighted by Gasteiger charge is -2.08. The van der Waals surface area contributed by atoms with Crippen molar-refractivity contribution < 1.29 is 13.2 Å². The van der Waals surface area contributed by atoms with Crippen molar-refractivity contribution in [2.45, 2.75) is 13.5 Å².